The van der Waals surface area contributed by atoms with Crippen LogP contribution in [0, 0.1) is 17.5 Å². The Kier molecular flexibility index (Phi) is 5.00. The molecule has 2 aromatic carbocycles. The van der Waals surface area contributed by atoms with Crippen LogP contribution >= 0.6 is 23.2 Å². The van der Waals surface area contributed by atoms with Gasteiger partial charge in [0.2, 0.25) is 0 Å². The second-order valence-electron chi connectivity index (χ2n) is 6.66. The van der Waals surface area contributed by atoms with E-state index in [2.05, 4.69) is 10.2 Å². The average Bonchev–Trinajstić information content (AvgIpc) is 3.10. The van der Waals surface area contributed by atoms with E-state index >= 15 is 0 Å². The number of nitrogens with zero attached hydrogens (tertiary/aromatic N) is 4. The van der Waals surface area contributed by atoms with Gasteiger partial charge in [0, 0.05) is 12.6 Å². The zero-order valence-corrected chi connectivity index (χ0v) is 16.5. The Hall–Kier alpha value is -2.58. The number of hydrogen-bond acceptors (Lipinski definition) is 3. The first kappa shape index (κ1) is 19.7. The lowest BCUT2D eigenvalue weighted by Gasteiger charge is -2.34. The van der Waals surface area contributed by atoms with Gasteiger partial charge in [-0.1, -0.05) is 29.3 Å². The highest BCUT2D eigenvalue weighted by Gasteiger charge is 2.32. The Morgan fingerprint density at radius 3 is 2.59 bits per heavy atom. The number of fused-ring (bicyclic) bond motifs is 1. The maximum Gasteiger partial charge on any atom is 0.256 e. The Morgan fingerprint density at radius 1 is 1.07 bits per heavy atom. The predicted octanol–water partition coefficient (Wildman–Crippen LogP) is 4.71. The van der Waals surface area contributed by atoms with Gasteiger partial charge in [0.25, 0.3) is 5.91 Å². The third-order valence-corrected chi connectivity index (χ3v) is 5.70. The first-order chi connectivity index (χ1) is 13.8. The van der Waals surface area contributed by atoms with Crippen molar-refractivity contribution < 1.29 is 18.0 Å². The normalized spacial score (nSPS) is 16.1. The Labute approximate surface area is 173 Å². The minimum atomic E-state index is -1.01. The summed E-state index contributed by atoms with van der Waals surface area (Å²) < 4.78 is 43.0. The molecule has 0 fully saturated rings. The number of benzene rings is 2. The van der Waals surface area contributed by atoms with Crippen molar-refractivity contribution in [2.45, 2.75) is 26.1 Å². The monoisotopic (exact) mass is 440 g/mol. The van der Waals surface area contributed by atoms with Gasteiger partial charge in [0.05, 0.1) is 27.7 Å². The van der Waals surface area contributed by atoms with Crippen molar-refractivity contribution in [3.8, 4) is 11.4 Å². The van der Waals surface area contributed by atoms with E-state index in [0.29, 0.717) is 5.82 Å². The van der Waals surface area contributed by atoms with Crippen molar-refractivity contribution in [3.05, 3.63) is 69.2 Å². The maximum atomic E-state index is 14.2. The second-order valence-corrected chi connectivity index (χ2v) is 7.41. The fourth-order valence-corrected chi connectivity index (χ4v) is 3.71. The highest BCUT2D eigenvalue weighted by atomic mass is 35.5. The molecule has 1 aromatic heterocycles. The molecule has 0 radical (unpaired) electrons. The molecule has 0 saturated heterocycles. The predicted molar refractivity (Wildman–Crippen MR) is 101 cm³/mol. The van der Waals surface area contributed by atoms with Crippen LogP contribution in [0.1, 0.15) is 23.1 Å². The fraction of sp³-hybridized carbons (Fsp3) is 0.211. The van der Waals surface area contributed by atoms with E-state index in [1.165, 1.54) is 23.1 Å². The molecule has 150 valence electrons. The van der Waals surface area contributed by atoms with Crippen molar-refractivity contribution in [3.63, 3.8) is 0 Å². The molecule has 5 nitrogen and oxygen atoms in total. The molecule has 4 rings (SSSR count). The molecule has 10 heteroatoms. The van der Waals surface area contributed by atoms with Crippen LogP contribution in [-0.2, 0) is 13.1 Å². The van der Waals surface area contributed by atoms with Crippen LogP contribution in [0.2, 0.25) is 10.0 Å². The average molecular weight is 441 g/mol. The van der Waals surface area contributed by atoms with Crippen molar-refractivity contribution in [2.24, 2.45) is 0 Å². The molecule has 0 aliphatic carbocycles. The lowest BCUT2D eigenvalue weighted by atomic mass is 10.1. The number of amides is 1. The maximum absolute atomic E-state index is 14.2. The van der Waals surface area contributed by atoms with Crippen molar-refractivity contribution in [2.75, 3.05) is 0 Å². The van der Waals surface area contributed by atoms with Crippen LogP contribution in [0.15, 0.2) is 30.3 Å². The molecule has 29 heavy (non-hydrogen) atoms. The highest BCUT2D eigenvalue weighted by Crippen LogP contribution is 2.32. The molecule has 0 saturated carbocycles. The van der Waals surface area contributed by atoms with E-state index in [4.69, 9.17) is 23.2 Å². The molecule has 3 aromatic rings. The zero-order chi connectivity index (χ0) is 20.9. The van der Waals surface area contributed by atoms with Gasteiger partial charge in [-0.3, -0.25) is 4.79 Å². The van der Waals surface area contributed by atoms with Crippen LogP contribution in [0.25, 0.3) is 11.4 Å². The van der Waals surface area contributed by atoms with Gasteiger partial charge >= 0.3 is 0 Å². The summed E-state index contributed by atoms with van der Waals surface area (Å²) in [6.07, 6.45) is 0. The SMILES string of the molecule is CC1Cn2c(nnc2-c2cccc(F)c2F)CN1C(=O)c1ccc(F)c(Cl)c1Cl. The van der Waals surface area contributed by atoms with Crippen LogP contribution in [-0.4, -0.2) is 31.6 Å². The summed E-state index contributed by atoms with van der Waals surface area (Å²) in [7, 11) is 0. The van der Waals surface area contributed by atoms with Crippen LogP contribution in [0.5, 0.6) is 0 Å². The smallest absolute Gasteiger partial charge is 0.256 e. The van der Waals surface area contributed by atoms with Crippen molar-refractivity contribution >= 4 is 29.1 Å². The summed E-state index contributed by atoms with van der Waals surface area (Å²) in [5, 5.41) is 7.52. The number of carbonyl (C=O) groups is 1. The second kappa shape index (κ2) is 7.35. The largest absolute Gasteiger partial charge is 0.327 e. The van der Waals surface area contributed by atoms with Gasteiger partial charge in [-0.25, -0.2) is 13.2 Å². The zero-order valence-electron chi connectivity index (χ0n) is 15.0. The quantitative estimate of drug-likeness (QED) is 0.542. The van der Waals surface area contributed by atoms with Gasteiger partial charge in [0.15, 0.2) is 23.3 Å². The topological polar surface area (TPSA) is 51.0 Å². The number of hydrogen-bond donors (Lipinski definition) is 0. The number of rotatable bonds is 2. The summed E-state index contributed by atoms with van der Waals surface area (Å²) in [5.41, 5.74) is 0.0540. The summed E-state index contributed by atoms with van der Waals surface area (Å²) in [4.78, 5) is 14.5. The van der Waals surface area contributed by atoms with Gasteiger partial charge < -0.3 is 9.47 Å². The van der Waals surface area contributed by atoms with Gasteiger partial charge in [0.1, 0.15) is 5.82 Å². The van der Waals surface area contributed by atoms with E-state index in [-0.39, 0.29) is 46.1 Å². The third kappa shape index (κ3) is 3.26. The minimum absolute atomic E-state index is 0.0101. The summed E-state index contributed by atoms with van der Waals surface area (Å²) in [6.45, 7) is 2.10. The molecule has 1 atom stereocenters. The van der Waals surface area contributed by atoms with E-state index < -0.39 is 23.4 Å². The Balaban J connectivity index is 1.69. The Morgan fingerprint density at radius 2 is 1.83 bits per heavy atom. The van der Waals surface area contributed by atoms with Gasteiger partial charge in [-0.05, 0) is 31.2 Å². The number of halogens is 5. The molecule has 2 heterocycles. The van der Waals surface area contributed by atoms with E-state index in [1.807, 2.05) is 0 Å². The van der Waals surface area contributed by atoms with E-state index in [9.17, 15) is 18.0 Å². The highest BCUT2D eigenvalue weighted by molar-refractivity contribution is 6.43. The Bertz CT molecular complexity index is 1130. The summed E-state index contributed by atoms with van der Waals surface area (Å²) >= 11 is 11.9. The lowest BCUT2D eigenvalue weighted by molar-refractivity contribution is 0.0612. The number of aromatic nitrogens is 3. The molecule has 1 unspecified atom stereocenters. The van der Waals surface area contributed by atoms with Gasteiger partial charge in [-0.2, -0.15) is 0 Å². The van der Waals surface area contributed by atoms with E-state index in [1.54, 1.807) is 11.5 Å². The molecule has 1 aliphatic heterocycles. The van der Waals surface area contributed by atoms with Gasteiger partial charge in [-0.15, -0.1) is 10.2 Å². The first-order valence-electron chi connectivity index (χ1n) is 8.60. The molecule has 1 amide bonds. The molecular formula is C19H13Cl2F3N4O. The summed E-state index contributed by atoms with van der Waals surface area (Å²) in [5.74, 6) is -2.58. The van der Waals surface area contributed by atoms with Crippen molar-refractivity contribution in [1.82, 2.24) is 19.7 Å². The molecule has 0 bridgehead atoms. The molecular weight excluding hydrogens is 428 g/mol. The lowest BCUT2D eigenvalue weighted by Crippen LogP contribution is -2.45. The van der Waals surface area contributed by atoms with Crippen LogP contribution in [0.3, 0.4) is 0 Å². The molecule has 0 spiro atoms. The molecule has 1 aliphatic rings. The third-order valence-electron chi connectivity index (χ3n) is 4.84. The van der Waals surface area contributed by atoms with Crippen LogP contribution < -0.4 is 0 Å². The van der Waals surface area contributed by atoms with Crippen molar-refractivity contribution in [1.29, 1.82) is 0 Å². The fourth-order valence-electron chi connectivity index (χ4n) is 3.31. The van der Waals surface area contributed by atoms with E-state index in [0.717, 1.165) is 12.1 Å². The first-order valence-corrected chi connectivity index (χ1v) is 9.36. The molecule has 0 N–H and O–H groups in total. The standard InChI is InChI=1S/C19H13Cl2F3N4O/c1-9-7-28-14(25-26-18(28)11-3-2-4-13(23)17(11)24)8-27(9)19(29)10-5-6-12(22)16(21)15(10)20/h2-6,9H,7-8H2,1H3. The minimum Gasteiger partial charge on any atom is -0.327 e. The number of carbonyl (C=O) groups excluding carboxylic acids is 1. The van der Waals surface area contributed by atoms with Crippen LogP contribution in [0.4, 0.5) is 13.2 Å². The summed E-state index contributed by atoms with van der Waals surface area (Å²) in [6, 6.07) is 5.82.